The van der Waals surface area contributed by atoms with Gasteiger partial charge >= 0.3 is 0 Å². The van der Waals surface area contributed by atoms with Gasteiger partial charge in [-0.25, -0.2) is 0 Å². The topological polar surface area (TPSA) is 13.0 Å². The second-order valence-corrected chi connectivity index (χ2v) is 46.2. The molecule has 624 valence electrons. The molecule has 14 atom stereocenters. The van der Waals surface area contributed by atoms with E-state index >= 15 is 0 Å². The first kappa shape index (κ1) is 79.8. The van der Waals surface area contributed by atoms with Gasteiger partial charge in [0.2, 0.25) is 6.71 Å². The van der Waals surface area contributed by atoms with E-state index in [9.17, 15) is 0 Å². The van der Waals surface area contributed by atoms with Crippen LogP contribution < -0.4 is 20.2 Å². The Morgan fingerprint density at radius 2 is 0.924 bits per heavy atom. The lowest BCUT2D eigenvalue weighted by atomic mass is 9.18. The van der Waals surface area contributed by atoms with Crippen molar-refractivity contribution in [2.75, 3.05) is 14.7 Å². The number of benzene rings is 6. The second kappa shape index (κ2) is 33.9. The van der Waals surface area contributed by atoms with E-state index in [1.807, 2.05) is 0 Å². The SMILES string of the molecule is CC(C)(C)c1ccc(-c2cccc(-c3ccc(C(C)(C)C)cc3)c2N2C3=CC4SC5CC(N(C6CCC(C7CCCCC7)CC6)C6CCCCC6C6CCCCC6)CC6CC7CCCCC7B(C4C=C3B3c4ccccc4N(c4ccccc4)C4CC(N(c7ccccc7C7CCCCC7)C7CCC(C8CCCCC8)CC7)CC2C34)C65)cc1. The van der Waals surface area contributed by atoms with Gasteiger partial charge in [-0.15, -0.1) is 0 Å². The van der Waals surface area contributed by atoms with Crippen LogP contribution in [0.15, 0.2) is 169 Å². The Morgan fingerprint density at radius 3 is 1.57 bits per heavy atom. The molecule has 11 aliphatic carbocycles. The van der Waals surface area contributed by atoms with Crippen molar-refractivity contribution in [1.29, 1.82) is 0 Å². The smallest absolute Gasteiger partial charge is 0.221 e. The minimum absolute atomic E-state index is 0.0395. The van der Waals surface area contributed by atoms with Crippen molar-refractivity contribution < 1.29 is 0 Å². The number of hydrogen-bond donors (Lipinski definition) is 0. The van der Waals surface area contributed by atoms with Crippen LogP contribution in [0.2, 0.25) is 23.3 Å². The van der Waals surface area contributed by atoms with Crippen molar-refractivity contribution in [3.63, 3.8) is 0 Å². The normalized spacial score (nSPS) is 33.8. The zero-order valence-electron chi connectivity index (χ0n) is 74.1. The Kier molecular flexibility index (Phi) is 23.0. The molecule has 14 unspecified atom stereocenters. The zero-order valence-corrected chi connectivity index (χ0v) is 74.9. The zero-order chi connectivity index (χ0) is 79.3. The first-order valence-electron chi connectivity index (χ1n) is 50.6. The van der Waals surface area contributed by atoms with Gasteiger partial charge < -0.3 is 14.7 Å². The fourth-order valence-corrected chi connectivity index (χ4v) is 33.4. The summed E-state index contributed by atoms with van der Waals surface area (Å²) in [5, 5.41) is 1.12. The van der Waals surface area contributed by atoms with E-state index in [1.54, 1.807) is 27.9 Å². The highest BCUT2D eigenvalue weighted by atomic mass is 32.2. The Bertz CT molecular complexity index is 4390. The molecular formula is C111H148B2N4S. The number of thioether (sulfide) groups is 1. The average molecular weight is 1590 g/mol. The predicted molar refractivity (Wildman–Crippen MR) is 507 cm³/mol. The third kappa shape index (κ3) is 15.1. The van der Waals surface area contributed by atoms with E-state index in [2.05, 4.69) is 231 Å². The van der Waals surface area contributed by atoms with Gasteiger partial charge in [0.25, 0.3) is 0 Å². The van der Waals surface area contributed by atoms with Gasteiger partial charge in [-0.3, -0.25) is 4.90 Å². The molecule has 0 aromatic heterocycles. The molecule has 10 saturated carbocycles. The van der Waals surface area contributed by atoms with Gasteiger partial charge in [-0.1, -0.05) is 340 Å². The van der Waals surface area contributed by atoms with E-state index in [-0.39, 0.29) is 29.6 Å². The average Bonchev–Trinajstić information content (AvgIpc) is 0.683. The highest BCUT2D eigenvalue weighted by Gasteiger charge is 2.64. The molecule has 3 saturated heterocycles. The maximum atomic E-state index is 3.57. The molecule has 15 aliphatic rings. The fourth-order valence-electron chi connectivity index (χ4n) is 31.4. The number of fused-ring (bicyclic) bond motifs is 8. The molecule has 6 aromatic rings. The molecule has 7 heteroatoms. The van der Waals surface area contributed by atoms with Crippen LogP contribution in [0.3, 0.4) is 0 Å². The van der Waals surface area contributed by atoms with E-state index in [0.717, 1.165) is 96.7 Å². The first-order chi connectivity index (χ1) is 57.8. The minimum Gasteiger partial charge on any atom is -0.365 e. The molecule has 0 N–H and O–H groups in total. The second-order valence-electron chi connectivity index (χ2n) is 44.8. The van der Waals surface area contributed by atoms with Crippen molar-refractivity contribution in [3.05, 3.63) is 186 Å². The third-order valence-corrected chi connectivity index (χ3v) is 38.3. The third-order valence-electron chi connectivity index (χ3n) is 36.7. The number of para-hydroxylation sites is 4. The summed E-state index contributed by atoms with van der Waals surface area (Å²) in [5.41, 5.74) is 21.0. The maximum Gasteiger partial charge on any atom is 0.221 e. The van der Waals surface area contributed by atoms with Crippen LogP contribution >= 0.6 is 11.8 Å². The lowest BCUT2D eigenvalue weighted by Crippen LogP contribution is -2.69. The monoisotopic (exact) mass is 1590 g/mol. The van der Waals surface area contributed by atoms with Crippen molar-refractivity contribution >= 4 is 53.4 Å². The lowest BCUT2D eigenvalue weighted by Gasteiger charge is -2.64. The van der Waals surface area contributed by atoms with Gasteiger partial charge in [0.05, 0.1) is 5.69 Å². The molecule has 4 aliphatic heterocycles. The van der Waals surface area contributed by atoms with Gasteiger partial charge in [0, 0.05) is 86.7 Å². The summed E-state index contributed by atoms with van der Waals surface area (Å²) in [6.07, 6.45) is 65.3. The van der Waals surface area contributed by atoms with Crippen molar-refractivity contribution in [2.24, 2.45) is 47.3 Å². The largest absolute Gasteiger partial charge is 0.365 e. The van der Waals surface area contributed by atoms with Gasteiger partial charge in [-0.2, -0.15) is 11.8 Å². The number of allylic oxidation sites excluding steroid dienone is 2. The molecule has 4 heterocycles. The van der Waals surface area contributed by atoms with Gasteiger partial charge in [0.15, 0.2) is 6.71 Å². The number of nitrogens with zero attached hydrogens (tertiary/aromatic N) is 4. The minimum atomic E-state index is 0.0395. The van der Waals surface area contributed by atoms with Crippen LogP contribution in [0.1, 0.15) is 327 Å². The number of anilines is 4. The van der Waals surface area contributed by atoms with Crippen molar-refractivity contribution in [1.82, 2.24) is 4.90 Å². The molecule has 4 nitrogen and oxygen atoms in total. The Labute approximate surface area is 720 Å². The Morgan fingerprint density at radius 1 is 0.390 bits per heavy atom. The number of hydrogen-bond acceptors (Lipinski definition) is 5. The molecular weight excluding hydrogens is 1440 g/mol. The molecule has 0 spiro atoms. The van der Waals surface area contributed by atoms with Gasteiger partial charge in [-0.05, 0) is 249 Å². The van der Waals surface area contributed by atoms with Crippen molar-refractivity contribution in [2.45, 2.75) is 398 Å². The highest BCUT2D eigenvalue weighted by Crippen LogP contribution is 2.69. The summed E-state index contributed by atoms with van der Waals surface area (Å²) in [4.78, 5) is 13.1. The molecule has 0 bridgehead atoms. The maximum absolute atomic E-state index is 3.57. The molecule has 118 heavy (non-hydrogen) atoms. The lowest BCUT2D eigenvalue weighted by molar-refractivity contribution is -0.0388. The molecule has 0 radical (unpaired) electrons. The van der Waals surface area contributed by atoms with E-state index in [0.29, 0.717) is 40.1 Å². The predicted octanol–water partition coefficient (Wildman–Crippen LogP) is 29.4. The van der Waals surface area contributed by atoms with E-state index in [4.69, 9.17) is 0 Å². The Hall–Kier alpha value is -5.36. The van der Waals surface area contributed by atoms with Gasteiger partial charge in [0.1, 0.15) is 0 Å². The summed E-state index contributed by atoms with van der Waals surface area (Å²) in [6, 6.07) is 64.1. The fraction of sp³-hybridized carbons (Fsp3) is 0.640. The first-order valence-corrected chi connectivity index (χ1v) is 51.6. The van der Waals surface area contributed by atoms with Crippen molar-refractivity contribution in [3.8, 4) is 22.3 Å². The van der Waals surface area contributed by atoms with Crippen LogP contribution in [0, 0.1) is 47.3 Å². The standard InChI is InChI=1S/C111H148B2N4S/c1-110(2,3)84-59-51-80(52-60-84)93-44-30-45-94(81-53-61-85(62-54-81)111(4,5)6)109(93)117-102-73-105-98(112-95-46-25-22-39-82(95)67-83-68-89(71-106(118-105)107(83)112)114(87-63-55-76(56-64-87)74-31-12-7-13-32-74)99-48-27-23-42-91(99)78-35-16-9-17-36-78)72-97(102)113-96-47-26-29-50-101(96)116(86-40-20-11-21-41-86)103-69-90(70-104(117)108(103)113)115(88-65-57-77(58-66-88)75-33-14-8-15-34-75)100-49-28-24-43-92(100)79-37-18-10-19-38-79/h11,20-21,24,26,28-30,40-41,43-45,47,49-54,59-62,72-79,82-83,87-91,95,98-99,103-108H,7-10,12-19,22-23,25,27,31-39,42,46,48,55-58,63-71H2,1-6H3. The summed E-state index contributed by atoms with van der Waals surface area (Å²) in [7, 11) is 0. The van der Waals surface area contributed by atoms with Crippen LogP contribution in [0.25, 0.3) is 22.3 Å². The van der Waals surface area contributed by atoms with Crippen LogP contribution in [-0.2, 0) is 10.8 Å². The molecule has 0 amide bonds. The quantitative estimate of drug-likeness (QED) is 0.101. The van der Waals surface area contributed by atoms with Crippen LogP contribution in [0.4, 0.5) is 22.7 Å². The Balaban J connectivity index is 0.761. The summed E-state index contributed by atoms with van der Waals surface area (Å²) in [6.45, 7) is 15.5. The number of rotatable bonds is 14. The van der Waals surface area contributed by atoms with E-state index in [1.165, 1.54) is 301 Å². The van der Waals surface area contributed by atoms with Crippen LogP contribution in [0.5, 0.6) is 0 Å². The summed E-state index contributed by atoms with van der Waals surface area (Å²) in [5.74, 6) is 10.4. The molecule has 21 rings (SSSR count). The summed E-state index contributed by atoms with van der Waals surface area (Å²) >= 11 is 2.61. The molecule has 6 aromatic carbocycles. The van der Waals surface area contributed by atoms with E-state index < -0.39 is 0 Å². The highest BCUT2D eigenvalue weighted by molar-refractivity contribution is 8.01. The molecule has 13 fully saturated rings. The summed E-state index contributed by atoms with van der Waals surface area (Å²) < 4.78 is 0. The van der Waals surface area contributed by atoms with Crippen LogP contribution in [-0.4, -0.2) is 71.1 Å².